The van der Waals surface area contributed by atoms with Crippen molar-refractivity contribution in [2.24, 2.45) is 0 Å². The van der Waals surface area contributed by atoms with Crippen LogP contribution in [0.5, 0.6) is 0 Å². The monoisotopic (exact) mass is 360 g/mol. The highest BCUT2D eigenvalue weighted by Gasteiger charge is 2.20. The molecule has 0 saturated carbocycles. The largest absolute Gasteiger partial charge is 0.378 e. The summed E-state index contributed by atoms with van der Waals surface area (Å²) in [5.41, 5.74) is 6.88. The predicted octanol–water partition coefficient (Wildman–Crippen LogP) is 3.12. The van der Waals surface area contributed by atoms with E-state index < -0.39 is 0 Å². The van der Waals surface area contributed by atoms with Crippen molar-refractivity contribution in [2.45, 2.75) is 32.9 Å². The molecule has 0 amide bonds. The smallest absolute Gasteiger partial charge is 0.184 e. The van der Waals surface area contributed by atoms with Gasteiger partial charge < -0.3 is 15.2 Å². The predicted molar refractivity (Wildman–Crippen MR) is 108 cm³/mol. The molecule has 4 heterocycles. The number of hydrogen-bond acceptors (Lipinski definition) is 4. The molecular formula is C21H24N6. The Bertz CT molecular complexity index is 1100. The first-order valence-electron chi connectivity index (χ1n) is 9.56. The minimum atomic E-state index is 0.432. The molecule has 138 valence electrons. The van der Waals surface area contributed by atoms with Crippen LogP contribution < -0.4 is 10.6 Å². The average Bonchev–Trinajstić information content (AvgIpc) is 3.38. The van der Waals surface area contributed by atoms with Crippen molar-refractivity contribution in [1.82, 2.24) is 24.5 Å². The fourth-order valence-electron chi connectivity index (χ4n) is 4.12. The van der Waals surface area contributed by atoms with Gasteiger partial charge in [0.25, 0.3) is 0 Å². The fraction of sp³-hybridized carbons (Fsp3) is 0.333. The Morgan fingerprint density at radius 2 is 1.96 bits per heavy atom. The molecule has 6 nitrogen and oxygen atoms in total. The standard InChI is InChI=1S/C21H24N6/c1-14-10-20-19(26(14)13-16-6-4-3-5-7-16)11-18(23-17-8-9-22-12-17)21-25-24-15(2)27(20)21/h3-7,10-11,17,22-23H,8-9,12-13H2,1-2H3/t17-/m0/s1. The highest BCUT2D eigenvalue weighted by atomic mass is 15.3. The van der Waals surface area contributed by atoms with Crippen molar-refractivity contribution in [3.63, 3.8) is 0 Å². The van der Waals surface area contributed by atoms with Crippen LogP contribution >= 0.6 is 0 Å². The number of hydrogen-bond donors (Lipinski definition) is 2. The second kappa shape index (κ2) is 6.39. The summed E-state index contributed by atoms with van der Waals surface area (Å²) in [4.78, 5) is 0. The second-order valence-corrected chi connectivity index (χ2v) is 7.43. The summed E-state index contributed by atoms with van der Waals surface area (Å²) in [5, 5.41) is 15.9. The number of rotatable bonds is 4. The van der Waals surface area contributed by atoms with E-state index in [1.807, 2.05) is 6.92 Å². The van der Waals surface area contributed by atoms with Crippen molar-refractivity contribution < 1.29 is 0 Å². The molecule has 0 aliphatic carbocycles. The number of nitrogens with zero attached hydrogens (tertiary/aromatic N) is 4. The zero-order chi connectivity index (χ0) is 18.4. The van der Waals surface area contributed by atoms with Crippen LogP contribution in [0.1, 0.15) is 23.5 Å². The number of nitrogens with one attached hydrogen (secondary N) is 2. The molecule has 1 atom stereocenters. The Morgan fingerprint density at radius 3 is 2.74 bits per heavy atom. The van der Waals surface area contributed by atoms with E-state index in [-0.39, 0.29) is 0 Å². The average molecular weight is 360 g/mol. The molecule has 27 heavy (non-hydrogen) atoms. The van der Waals surface area contributed by atoms with Gasteiger partial charge >= 0.3 is 0 Å². The number of benzene rings is 1. The molecule has 6 heteroatoms. The summed E-state index contributed by atoms with van der Waals surface area (Å²) in [6.07, 6.45) is 1.13. The van der Waals surface area contributed by atoms with Crippen LogP contribution in [0.2, 0.25) is 0 Å². The summed E-state index contributed by atoms with van der Waals surface area (Å²) < 4.78 is 4.55. The zero-order valence-corrected chi connectivity index (χ0v) is 15.7. The first-order chi connectivity index (χ1) is 13.2. The van der Waals surface area contributed by atoms with Gasteiger partial charge in [0.2, 0.25) is 0 Å². The Morgan fingerprint density at radius 1 is 1.11 bits per heavy atom. The van der Waals surface area contributed by atoms with Gasteiger partial charge in [0.1, 0.15) is 5.82 Å². The molecule has 0 spiro atoms. The molecule has 0 unspecified atom stereocenters. The first kappa shape index (κ1) is 16.3. The number of pyridine rings is 1. The molecule has 1 aliphatic heterocycles. The number of aromatic nitrogens is 4. The molecule has 1 aliphatic rings. The normalized spacial score (nSPS) is 17.2. The molecule has 0 radical (unpaired) electrons. The minimum Gasteiger partial charge on any atom is -0.378 e. The maximum atomic E-state index is 4.45. The third-order valence-corrected chi connectivity index (χ3v) is 5.52. The van der Waals surface area contributed by atoms with Gasteiger partial charge in [0.05, 0.1) is 16.7 Å². The lowest BCUT2D eigenvalue weighted by Gasteiger charge is -2.15. The van der Waals surface area contributed by atoms with E-state index in [4.69, 9.17) is 0 Å². The van der Waals surface area contributed by atoms with Crippen LogP contribution in [-0.4, -0.2) is 38.3 Å². The molecule has 0 bridgehead atoms. The highest BCUT2D eigenvalue weighted by molar-refractivity contribution is 5.88. The van der Waals surface area contributed by atoms with E-state index in [2.05, 4.69) is 79.2 Å². The van der Waals surface area contributed by atoms with Crippen molar-refractivity contribution in [2.75, 3.05) is 18.4 Å². The summed E-state index contributed by atoms with van der Waals surface area (Å²) in [6, 6.07) is 15.5. The minimum absolute atomic E-state index is 0.432. The quantitative estimate of drug-likeness (QED) is 0.587. The lowest BCUT2D eigenvalue weighted by Crippen LogP contribution is -2.22. The van der Waals surface area contributed by atoms with Crippen LogP contribution in [0.3, 0.4) is 0 Å². The molecular weight excluding hydrogens is 336 g/mol. The van der Waals surface area contributed by atoms with Gasteiger partial charge in [-0.05, 0) is 44.5 Å². The Kier molecular flexibility index (Phi) is 3.86. The molecule has 3 aromatic heterocycles. The molecule has 1 aromatic carbocycles. The van der Waals surface area contributed by atoms with Crippen LogP contribution in [-0.2, 0) is 6.54 Å². The Labute approximate surface area is 158 Å². The first-order valence-corrected chi connectivity index (χ1v) is 9.56. The van der Waals surface area contributed by atoms with Gasteiger partial charge in [-0.2, -0.15) is 0 Å². The fourth-order valence-corrected chi connectivity index (χ4v) is 4.12. The lowest BCUT2D eigenvalue weighted by molar-refractivity contribution is 0.791. The van der Waals surface area contributed by atoms with E-state index in [0.717, 1.165) is 48.7 Å². The van der Waals surface area contributed by atoms with E-state index >= 15 is 0 Å². The summed E-state index contributed by atoms with van der Waals surface area (Å²) >= 11 is 0. The van der Waals surface area contributed by atoms with Gasteiger partial charge in [0.15, 0.2) is 5.65 Å². The van der Waals surface area contributed by atoms with Crippen molar-refractivity contribution >= 4 is 22.4 Å². The number of anilines is 1. The van der Waals surface area contributed by atoms with Crippen molar-refractivity contribution in [3.8, 4) is 0 Å². The summed E-state index contributed by atoms with van der Waals surface area (Å²) in [6.45, 7) is 7.09. The molecule has 1 fully saturated rings. The van der Waals surface area contributed by atoms with Gasteiger partial charge in [0, 0.05) is 24.8 Å². The van der Waals surface area contributed by atoms with Crippen LogP contribution in [0, 0.1) is 13.8 Å². The Hall–Kier alpha value is -2.86. The topological polar surface area (TPSA) is 59.2 Å². The molecule has 5 rings (SSSR count). The molecule has 2 N–H and O–H groups in total. The van der Waals surface area contributed by atoms with E-state index in [0.29, 0.717) is 6.04 Å². The number of fused-ring (bicyclic) bond motifs is 3. The zero-order valence-electron chi connectivity index (χ0n) is 15.7. The summed E-state index contributed by atoms with van der Waals surface area (Å²) in [7, 11) is 0. The van der Waals surface area contributed by atoms with E-state index in [9.17, 15) is 0 Å². The number of aryl methyl sites for hydroxylation is 2. The van der Waals surface area contributed by atoms with Crippen LogP contribution in [0.4, 0.5) is 5.69 Å². The van der Waals surface area contributed by atoms with Gasteiger partial charge in [-0.1, -0.05) is 30.3 Å². The van der Waals surface area contributed by atoms with Crippen LogP contribution in [0.25, 0.3) is 16.7 Å². The van der Waals surface area contributed by atoms with Gasteiger partial charge in [-0.3, -0.25) is 4.40 Å². The Balaban J connectivity index is 1.68. The third-order valence-electron chi connectivity index (χ3n) is 5.52. The van der Waals surface area contributed by atoms with Crippen LogP contribution in [0.15, 0.2) is 42.5 Å². The highest BCUT2D eigenvalue weighted by Crippen LogP contribution is 2.29. The van der Waals surface area contributed by atoms with E-state index in [1.165, 1.54) is 16.8 Å². The van der Waals surface area contributed by atoms with Gasteiger partial charge in [-0.15, -0.1) is 10.2 Å². The van der Waals surface area contributed by atoms with E-state index in [1.54, 1.807) is 0 Å². The van der Waals surface area contributed by atoms with Crippen molar-refractivity contribution in [3.05, 3.63) is 59.5 Å². The lowest BCUT2D eigenvalue weighted by atomic mass is 10.2. The van der Waals surface area contributed by atoms with Crippen molar-refractivity contribution in [1.29, 1.82) is 0 Å². The summed E-state index contributed by atoms with van der Waals surface area (Å²) in [5.74, 6) is 0.917. The maximum Gasteiger partial charge on any atom is 0.184 e. The molecule has 1 saturated heterocycles. The van der Waals surface area contributed by atoms with Gasteiger partial charge in [-0.25, -0.2) is 0 Å². The third kappa shape index (κ3) is 2.77. The SMILES string of the molecule is Cc1cc2c(cc(N[C@H]3CCNC3)c3nnc(C)n32)n1Cc1ccccc1. The maximum absolute atomic E-state index is 4.45. The second-order valence-electron chi connectivity index (χ2n) is 7.43. The molecule has 4 aromatic rings.